The molecule has 2 aliphatic rings. The van der Waals surface area contributed by atoms with Crippen LogP contribution in [0.3, 0.4) is 0 Å². The van der Waals surface area contributed by atoms with Gasteiger partial charge in [-0.2, -0.15) is 0 Å². The van der Waals surface area contributed by atoms with Crippen LogP contribution in [0.2, 0.25) is 0 Å². The molecule has 2 heteroatoms. The molecule has 3 unspecified atom stereocenters. The van der Waals surface area contributed by atoms with E-state index in [2.05, 4.69) is 30.6 Å². The first kappa shape index (κ1) is 13.0. The summed E-state index contributed by atoms with van der Waals surface area (Å²) in [5.41, 5.74) is 1.92. The summed E-state index contributed by atoms with van der Waals surface area (Å²) in [4.78, 5) is 0. The van der Waals surface area contributed by atoms with Crippen LogP contribution >= 0.6 is 0 Å². The zero-order chi connectivity index (χ0) is 13.3. The van der Waals surface area contributed by atoms with E-state index in [-0.39, 0.29) is 0 Å². The summed E-state index contributed by atoms with van der Waals surface area (Å²) in [7, 11) is 3.85. The molecule has 0 radical (unpaired) electrons. The molecule has 3 rings (SSSR count). The largest absolute Gasteiger partial charge is 0.497 e. The van der Waals surface area contributed by atoms with Gasteiger partial charge in [-0.15, -0.1) is 0 Å². The maximum absolute atomic E-state index is 5.36. The molecule has 0 spiro atoms. The van der Waals surface area contributed by atoms with Gasteiger partial charge >= 0.3 is 0 Å². The number of hydrogen-bond donors (Lipinski definition) is 1. The lowest BCUT2D eigenvalue weighted by molar-refractivity contribution is 0.160. The Balaban J connectivity index is 1.81. The van der Waals surface area contributed by atoms with Gasteiger partial charge in [0.2, 0.25) is 0 Å². The number of hydrogen-bond acceptors (Lipinski definition) is 2. The molecule has 2 fully saturated rings. The topological polar surface area (TPSA) is 21.3 Å². The molecule has 0 aliphatic heterocycles. The first-order valence-corrected chi connectivity index (χ1v) is 7.53. The van der Waals surface area contributed by atoms with Crippen LogP contribution in [0.5, 0.6) is 5.75 Å². The van der Waals surface area contributed by atoms with Crippen molar-refractivity contribution in [3.8, 4) is 5.75 Å². The van der Waals surface area contributed by atoms with Gasteiger partial charge in [-0.3, -0.25) is 0 Å². The maximum atomic E-state index is 5.36. The molecule has 1 N–H and O–H groups in total. The average Bonchev–Trinajstić information content (AvgIpc) is 3.00. The highest BCUT2D eigenvalue weighted by atomic mass is 16.5. The highest BCUT2D eigenvalue weighted by Gasteiger charge is 2.50. The SMILES string of the molecule is CNCC1(Cc2cccc(OC)c2)CC2CCC1C2. The first-order chi connectivity index (χ1) is 9.25. The molecular formula is C17H25NO. The van der Waals surface area contributed by atoms with Crippen LogP contribution in [-0.2, 0) is 6.42 Å². The van der Waals surface area contributed by atoms with E-state index < -0.39 is 0 Å². The van der Waals surface area contributed by atoms with Crippen LogP contribution in [-0.4, -0.2) is 20.7 Å². The standard InChI is InChI=1S/C17H25NO/c1-18-12-17(11-14-6-7-15(17)8-14)10-13-4-3-5-16(9-13)19-2/h3-5,9,14-15,18H,6-8,10-12H2,1-2H3. The van der Waals surface area contributed by atoms with Crippen LogP contribution in [0.1, 0.15) is 31.2 Å². The Kier molecular flexibility index (Phi) is 3.53. The summed E-state index contributed by atoms with van der Waals surface area (Å²) >= 11 is 0. The minimum absolute atomic E-state index is 0.490. The van der Waals surface area contributed by atoms with Crippen molar-refractivity contribution >= 4 is 0 Å². The van der Waals surface area contributed by atoms with E-state index in [1.54, 1.807) is 7.11 Å². The Bertz CT molecular complexity index is 445. The van der Waals surface area contributed by atoms with Crippen LogP contribution in [0.4, 0.5) is 0 Å². The number of rotatable bonds is 5. The van der Waals surface area contributed by atoms with E-state index in [0.29, 0.717) is 5.41 Å². The number of fused-ring (bicyclic) bond motifs is 2. The van der Waals surface area contributed by atoms with Gasteiger partial charge in [-0.1, -0.05) is 18.6 Å². The quantitative estimate of drug-likeness (QED) is 0.876. The second-order valence-electron chi connectivity index (χ2n) is 6.50. The Morgan fingerprint density at radius 1 is 1.37 bits per heavy atom. The maximum Gasteiger partial charge on any atom is 0.119 e. The van der Waals surface area contributed by atoms with Crippen molar-refractivity contribution in [2.75, 3.05) is 20.7 Å². The van der Waals surface area contributed by atoms with Crippen LogP contribution < -0.4 is 10.1 Å². The van der Waals surface area contributed by atoms with Crippen molar-refractivity contribution in [1.29, 1.82) is 0 Å². The van der Waals surface area contributed by atoms with Gasteiger partial charge in [0.05, 0.1) is 7.11 Å². The third kappa shape index (κ3) is 2.38. The minimum Gasteiger partial charge on any atom is -0.497 e. The van der Waals surface area contributed by atoms with E-state index in [0.717, 1.165) is 24.1 Å². The summed E-state index contributed by atoms with van der Waals surface area (Å²) in [5.74, 6) is 2.90. The van der Waals surface area contributed by atoms with Crippen molar-refractivity contribution in [3.63, 3.8) is 0 Å². The highest BCUT2D eigenvalue weighted by Crippen LogP contribution is 2.57. The summed E-state index contributed by atoms with van der Waals surface area (Å²) < 4.78 is 5.36. The zero-order valence-electron chi connectivity index (χ0n) is 12.1. The van der Waals surface area contributed by atoms with Crippen LogP contribution in [0.25, 0.3) is 0 Å². The van der Waals surface area contributed by atoms with E-state index in [1.165, 1.54) is 37.7 Å². The molecule has 2 saturated carbocycles. The molecule has 0 aromatic heterocycles. The van der Waals surface area contributed by atoms with Crippen molar-refractivity contribution < 1.29 is 4.74 Å². The second kappa shape index (κ2) is 5.16. The molecule has 2 bridgehead atoms. The Hall–Kier alpha value is -1.02. The van der Waals surface area contributed by atoms with Gasteiger partial charge in [0.15, 0.2) is 0 Å². The Morgan fingerprint density at radius 2 is 2.26 bits per heavy atom. The average molecular weight is 259 g/mol. The van der Waals surface area contributed by atoms with Crippen LogP contribution in [0.15, 0.2) is 24.3 Å². The third-order valence-corrected chi connectivity index (χ3v) is 5.32. The molecule has 1 aromatic carbocycles. The van der Waals surface area contributed by atoms with Crippen LogP contribution in [0, 0.1) is 17.3 Å². The zero-order valence-corrected chi connectivity index (χ0v) is 12.1. The molecule has 2 nitrogen and oxygen atoms in total. The number of benzene rings is 1. The minimum atomic E-state index is 0.490. The second-order valence-corrected chi connectivity index (χ2v) is 6.50. The first-order valence-electron chi connectivity index (χ1n) is 7.53. The summed E-state index contributed by atoms with van der Waals surface area (Å²) in [5, 5.41) is 3.45. The lowest BCUT2D eigenvalue weighted by atomic mass is 9.69. The molecule has 104 valence electrons. The van der Waals surface area contributed by atoms with Gasteiger partial charge in [-0.25, -0.2) is 0 Å². The molecule has 2 aliphatic carbocycles. The summed E-state index contributed by atoms with van der Waals surface area (Å²) in [6.07, 6.45) is 6.98. The number of methoxy groups -OCH3 is 1. The molecule has 1 aromatic rings. The molecule has 0 saturated heterocycles. The van der Waals surface area contributed by atoms with E-state index in [4.69, 9.17) is 4.74 Å². The van der Waals surface area contributed by atoms with Crippen molar-refractivity contribution in [2.45, 2.75) is 32.1 Å². The molecule has 3 atom stereocenters. The fourth-order valence-electron chi connectivity index (χ4n) is 4.59. The highest BCUT2D eigenvalue weighted by molar-refractivity contribution is 5.29. The third-order valence-electron chi connectivity index (χ3n) is 5.32. The van der Waals surface area contributed by atoms with Crippen molar-refractivity contribution in [1.82, 2.24) is 5.32 Å². The lowest BCUT2D eigenvalue weighted by Gasteiger charge is -2.38. The van der Waals surface area contributed by atoms with E-state index in [9.17, 15) is 0 Å². The monoisotopic (exact) mass is 259 g/mol. The van der Waals surface area contributed by atoms with Gasteiger partial charge in [-0.05, 0) is 67.7 Å². The van der Waals surface area contributed by atoms with Gasteiger partial charge in [0.25, 0.3) is 0 Å². The fraction of sp³-hybridized carbons (Fsp3) is 0.647. The Morgan fingerprint density at radius 3 is 2.89 bits per heavy atom. The van der Waals surface area contributed by atoms with E-state index in [1.807, 2.05) is 6.07 Å². The Labute approximate surface area is 116 Å². The van der Waals surface area contributed by atoms with Gasteiger partial charge in [0, 0.05) is 6.54 Å². The normalized spacial score (nSPS) is 32.7. The number of nitrogens with one attached hydrogen (secondary N) is 1. The molecule has 19 heavy (non-hydrogen) atoms. The van der Waals surface area contributed by atoms with E-state index >= 15 is 0 Å². The summed E-state index contributed by atoms with van der Waals surface area (Å²) in [6.45, 7) is 1.16. The molecular weight excluding hydrogens is 234 g/mol. The predicted molar refractivity (Wildman–Crippen MR) is 78.5 cm³/mol. The molecule has 0 amide bonds. The smallest absolute Gasteiger partial charge is 0.119 e. The van der Waals surface area contributed by atoms with Gasteiger partial charge in [0.1, 0.15) is 5.75 Å². The fourth-order valence-corrected chi connectivity index (χ4v) is 4.59. The van der Waals surface area contributed by atoms with Gasteiger partial charge < -0.3 is 10.1 Å². The summed E-state index contributed by atoms with van der Waals surface area (Å²) in [6, 6.07) is 8.62. The predicted octanol–water partition coefficient (Wildman–Crippen LogP) is 3.26. The van der Waals surface area contributed by atoms with Crippen molar-refractivity contribution in [3.05, 3.63) is 29.8 Å². The van der Waals surface area contributed by atoms with Crippen molar-refractivity contribution in [2.24, 2.45) is 17.3 Å². The number of ether oxygens (including phenoxy) is 1. The molecule has 0 heterocycles. The lowest BCUT2D eigenvalue weighted by Crippen LogP contribution is -2.39.